The third-order valence-corrected chi connectivity index (χ3v) is 3.44. The quantitative estimate of drug-likeness (QED) is 0.744. The number of nitrogens with zero attached hydrogens (tertiary/aromatic N) is 1. The minimum absolute atomic E-state index is 0.189. The van der Waals surface area contributed by atoms with Gasteiger partial charge in [0, 0.05) is 22.4 Å². The Morgan fingerprint density at radius 1 is 1.21 bits per heavy atom. The van der Waals surface area contributed by atoms with Crippen LogP contribution in [-0.4, -0.2) is 29.7 Å². The number of nitrogens with one attached hydrogen (secondary N) is 1. The molecule has 2 rings (SSSR count). The maximum Gasteiger partial charge on any atom is 0.257 e. The van der Waals surface area contributed by atoms with E-state index in [0.29, 0.717) is 30.3 Å². The lowest BCUT2D eigenvalue weighted by Crippen LogP contribution is -2.22. The van der Waals surface area contributed by atoms with Crippen LogP contribution in [0.15, 0.2) is 47.1 Å². The molecule has 6 heteroatoms. The van der Waals surface area contributed by atoms with Crippen molar-refractivity contribution in [1.82, 2.24) is 4.98 Å². The van der Waals surface area contributed by atoms with Crippen molar-refractivity contribution < 1.29 is 14.3 Å². The summed E-state index contributed by atoms with van der Waals surface area (Å²) in [6.07, 6.45) is 1.49. The molecule has 0 unspecified atom stereocenters. The van der Waals surface area contributed by atoms with Crippen molar-refractivity contribution in [1.29, 1.82) is 0 Å². The predicted molar refractivity (Wildman–Crippen MR) is 97.5 cm³/mol. The van der Waals surface area contributed by atoms with Crippen LogP contribution in [0, 0.1) is 0 Å². The molecule has 2 aromatic rings. The highest BCUT2D eigenvalue weighted by atomic mass is 79.9. The summed E-state index contributed by atoms with van der Waals surface area (Å²) in [5.41, 5.74) is 0.993. The molecule has 24 heavy (non-hydrogen) atoms. The number of hydrogen-bond acceptors (Lipinski definition) is 4. The third kappa shape index (κ3) is 6.29. The van der Waals surface area contributed by atoms with E-state index in [1.54, 1.807) is 12.1 Å². The van der Waals surface area contributed by atoms with E-state index < -0.39 is 0 Å². The average Bonchev–Trinajstić information content (AvgIpc) is 2.51. The van der Waals surface area contributed by atoms with Crippen molar-refractivity contribution in [3.8, 4) is 5.88 Å². The van der Waals surface area contributed by atoms with Crippen molar-refractivity contribution in [2.24, 2.45) is 0 Å². The molecule has 0 saturated carbocycles. The number of halogens is 1. The molecule has 0 fully saturated rings. The van der Waals surface area contributed by atoms with Gasteiger partial charge in [-0.1, -0.05) is 22.0 Å². The number of pyridine rings is 1. The molecular weight excluding hydrogens is 372 g/mol. The standard InChI is InChI=1S/C18H21BrN2O3/c1-18(2,3)24-10-9-23-16-8-7-13(12-20-16)17(22)21-15-6-4-5-14(19)11-15/h4-8,11-12H,9-10H2,1-3H3,(H,21,22). The number of carbonyl (C=O) groups excluding carboxylic acids is 1. The Morgan fingerprint density at radius 3 is 2.62 bits per heavy atom. The van der Waals surface area contributed by atoms with Crippen molar-refractivity contribution in [3.63, 3.8) is 0 Å². The first kappa shape index (κ1) is 18.4. The molecule has 1 aromatic heterocycles. The summed E-state index contributed by atoms with van der Waals surface area (Å²) in [4.78, 5) is 16.3. The molecule has 1 aromatic carbocycles. The van der Waals surface area contributed by atoms with Gasteiger partial charge in [-0.15, -0.1) is 0 Å². The van der Waals surface area contributed by atoms with Gasteiger partial charge in [-0.05, 0) is 45.0 Å². The SMILES string of the molecule is CC(C)(C)OCCOc1ccc(C(=O)Nc2cccc(Br)c2)cn1. The molecule has 1 amide bonds. The lowest BCUT2D eigenvalue weighted by Gasteiger charge is -2.19. The third-order valence-electron chi connectivity index (χ3n) is 2.95. The molecule has 0 aliphatic heterocycles. The summed E-state index contributed by atoms with van der Waals surface area (Å²) in [5, 5.41) is 2.82. The Labute approximate surface area is 150 Å². The van der Waals surface area contributed by atoms with E-state index in [0.717, 1.165) is 4.47 Å². The summed E-state index contributed by atoms with van der Waals surface area (Å²) in [7, 11) is 0. The van der Waals surface area contributed by atoms with Crippen molar-refractivity contribution >= 4 is 27.5 Å². The zero-order valence-electron chi connectivity index (χ0n) is 14.0. The fourth-order valence-electron chi connectivity index (χ4n) is 1.86. The van der Waals surface area contributed by atoms with Crippen LogP contribution in [0.4, 0.5) is 5.69 Å². The van der Waals surface area contributed by atoms with Gasteiger partial charge in [-0.25, -0.2) is 4.98 Å². The van der Waals surface area contributed by atoms with Crippen LogP contribution in [0.25, 0.3) is 0 Å². The number of hydrogen-bond donors (Lipinski definition) is 1. The number of amides is 1. The number of aromatic nitrogens is 1. The van der Waals surface area contributed by atoms with Gasteiger partial charge in [-0.3, -0.25) is 4.79 Å². The zero-order valence-corrected chi connectivity index (χ0v) is 15.6. The van der Waals surface area contributed by atoms with E-state index in [1.165, 1.54) is 6.20 Å². The lowest BCUT2D eigenvalue weighted by molar-refractivity contribution is -0.0168. The van der Waals surface area contributed by atoms with Gasteiger partial charge < -0.3 is 14.8 Å². The highest BCUT2D eigenvalue weighted by Crippen LogP contribution is 2.17. The highest BCUT2D eigenvalue weighted by molar-refractivity contribution is 9.10. The fraction of sp³-hybridized carbons (Fsp3) is 0.333. The second kappa shape index (κ2) is 8.26. The van der Waals surface area contributed by atoms with Crippen LogP contribution in [0.3, 0.4) is 0 Å². The lowest BCUT2D eigenvalue weighted by atomic mass is 10.2. The van der Waals surface area contributed by atoms with Crippen molar-refractivity contribution in [2.45, 2.75) is 26.4 Å². The summed E-state index contributed by atoms with van der Waals surface area (Å²) < 4.78 is 12.0. The minimum Gasteiger partial charge on any atom is -0.475 e. The van der Waals surface area contributed by atoms with Gasteiger partial charge in [0.1, 0.15) is 6.61 Å². The summed E-state index contributed by atoms with van der Waals surface area (Å²) >= 11 is 3.37. The number of carbonyl (C=O) groups is 1. The average molecular weight is 393 g/mol. The Kier molecular flexibility index (Phi) is 6.34. The number of rotatable bonds is 6. The number of anilines is 1. The molecule has 128 valence electrons. The summed E-state index contributed by atoms with van der Waals surface area (Å²) in [6.45, 7) is 6.86. The number of ether oxygens (including phenoxy) is 2. The van der Waals surface area contributed by atoms with Crippen molar-refractivity contribution in [2.75, 3.05) is 18.5 Å². The molecule has 0 aliphatic carbocycles. The highest BCUT2D eigenvalue weighted by Gasteiger charge is 2.10. The van der Waals surface area contributed by atoms with Gasteiger partial charge in [0.2, 0.25) is 5.88 Å². The fourth-order valence-corrected chi connectivity index (χ4v) is 2.26. The topological polar surface area (TPSA) is 60.5 Å². The first-order valence-corrected chi connectivity index (χ1v) is 8.42. The van der Waals surface area contributed by atoms with Crippen molar-refractivity contribution in [3.05, 3.63) is 52.6 Å². The molecule has 0 atom stereocenters. The smallest absolute Gasteiger partial charge is 0.257 e. The first-order valence-electron chi connectivity index (χ1n) is 7.63. The van der Waals surface area contributed by atoms with Gasteiger partial charge in [0.25, 0.3) is 5.91 Å². The van der Waals surface area contributed by atoms with E-state index in [4.69, 9.17) is 9.47 Å². The second-order valence-electron chi connectivity index (χ2n) is 6.16. The van der Waals surface area contributed by atoms with Gasteiger partial charge >= 0.3 is 0 Å². The molecule has 5 nitrogen and oxygen atoms in total. The number of benzene rings is 1. The maximum atomic E-state index is 12.2. The molecule has 0 aliphatic rings. The normalized spacial score (nSPS) is 11.2. The van der Waals surface area contributed by atoms with Crippen LogP contribution < -0.4 is 10.1 Å². The summed E-state index contributed by atoms with van der Waals surface area (Å²) in [6, 6.07) is 10.8. The Balaban J connectivity index is 1.86. The molecule has 0 bridgehead atoms. The monoisotopic (exact) mass is 392 g/mol. The Hall–Kier alpha value is -1.92. The molecule has 1 N–H and O–H groups in total. The second-order valence-corrected chi connectivity index (χ2v) is 7.07. The van der Waals surface area contributed by atoms with E-state index in [2.05, 4.69) is 26.2 Å². The Morgan fingerprint density at radius 2 is 2.00 bits per heavy atom. The zero-order chi connectivity index (χ0) is 17.6. The maximum absolute atomic E-state index is 12.2. The molecule has 0 saturated heterocycles. The molecular formula is C18H21BrN2O3. The van der Waals surface area contributed by atoms with Crippen LogP contribution in [0.5, 0.6) is 5.88 Å². The first-order chi connectivity index (χ1) is 11.3. The van der Waals surface area contributed by atoms with E-state index >= 15 is 0 Å². The molecule has 0 spiro atoms. The molecule has 1 heterocycles. The van der Waals surface area contributed by atoms with Crippen LogP contribution in [0.2, 0.25) is 0 Å². The largest absolute Gasteiger partial charge is 0.475 e. The predicted octanol–water partition coefficient (Wildman–Crippen LogP) is 4.29. The summed E-state index contributed by atoms with van der Waals surface area (Å²) in [5.74, 6) is 0.245. The Bertz CT molecular complexity index is 681. The van der Waals surface area contributed by atoms with Crippen LogP contribution >= 0.6 is 15.9 Å². The van der Waals surface area contributed by atoms with Gasteiger partial charge in [-0.2, -0.15) is 0 Å². The van der Waals surface area contributed by atoms with Crippen LogP contribution in [0.1, 0.15) is 31.1 Å². The van der Waals surface area contributed by atoms with Crippen LogP contribution in [-0.2, 0) is 4.74 Å². The molecule has 0 radical (unpaired) electrons. The van der Waals surface area contributed by atoms with E-state index in [-0.39, 0.29) is 11.5 Å². The van der Waals surface area contributed by atoms with E-state index in [1.807, 2.05) is 45.0 Å². The minimum atomic E-state index is -0.219. The van der Waals surface area contributed by atoms with Gasteiger partial charge in [0.05, 0.1) is 17.8 Å². The van der Waals surface area contributed by atoms with E-state index in [9.17, 15) is 4.79 Å². The van der Waals surface area contributed by atoms with Gasteiger partial charge in [0.15, 0.2) is 0 Å².